The fourth-order valence-electron chi connectivity index (χ4n) is 6.38. The zero-order chi connectivity index (χ0) is 26.8. The molecule has 9 nitrogen and oxygen atoms in total. The maximum absolute atomic E-state index is 13.8. The van der Waals surface area contributed by atoms with Gasteiger partial charge < -0.3 is 24.6 Å². The summed E-state index contributed by atoms with van der Waals surface area (Å²) in [6, 6.07) is 0. The molecule has 3 aliphatic carbocycles. The second kappa shape index (κ2) is 8.57. The molecule has 4 rings (SSSR count). The third kappa shape index (κ3) is 3.79. The Hall–Kier alpha value is -2.94. The van der Waals surface area contributed by atoms with Crippen LogP contribution in [0.1, 0.15) is 60.8 Å². The van der Waals surface area contributed by atoms with E-state index >= 15 is 0 Å². The molecular formula is C27H35NO8. The maximum atomic E-state index is 13.8. The van der Waals surface area contributed by atoms with Crippen LogP contribution in [0.3, 0.4) is 0 Å². The van der Waals surface area contributed by atoms with Gasteiger partial charge >= 0.3 is 11.9 Å². The van der Waals surface area contributed by atoms with Gasteiger partial charge in [-0.05, 0) is 39.7 Å². The lowest BCUT2D eigenvalue weighted by atomic mass is 9.53. The van der Waals surface area contributed by atoms with Gasteiger partial charge in [-0.2, -0.15) is 0 Å². The Morgan fingerprint density at radius 3 is 2.50 bits per heavy atom. The predicted octanol–water partition coefficient (Wildman–Crippen LogP) is 2.85. The van der Waals surface area contributed by atoms with Gasteiger partial charge in [-0.3, -0.25) is 14.4 Å². The van der Waals surface area contributed by atoms with E-state index in [1.807, 2.05) is 20.8 Å². The number of aliphatic hydroxyl groups excluding tert-OH is 1. The van der Waals surface area contributed by atoms with E-state index in [4.69, 9.17) is 14.2 Å². The number of methoxy groups -OCH3 is 1. The molecule has 196 valence electrons. The molecule has 0 radical (unpaired) electrons. The molecular weight excluding hydrogens is 466 g/mol. The summed E-state index contributed by atoms with van der Waals surface area (Å²) in [5.74, 6) is -2.90. The average Bonchev–Trinajstić information content (AvgIpc) is 3.05. The first-order valence-corrected chi connectivity index (χ1v) is 12.3. The number of cyclic esters (lactones) is 1. The zero-order valence-corrected chi connectivity index (χ0v) is 21.9. The van der Waals surface area contributed by atoms with Crippen molar-refractivity contribution in [1.82, 2.24) is 5.32 Å². The van der Waals surface area contributed by atoms with Gasteiger partial charge in [0.15, 0.2) is 5.76 Å². The van der Waals surface area contributed by atoms with E-state index in [-0.39, 0.29) is 35.5 Å². The number of hydrogen-bond acceptors (Lipinski definition) is 9. The fourth-order valence-corrected chi connectivity index (χ4v) is 6.38. The number of esters is 2. The SMILES string of the molecule is COC[C@H]1OC(=O)/C(=C\NC(C)(C)C)C2=C(O)C(=O)C3=C([C@H](OC(C)=O)C[C@]4(C)C(=O)CC[C@@H]34)[C@]21C. The zero-order valence-electron chi connectivity index (χ0n) is 21.9. The van der Waals surface area contributed by atoms with Gasteiger partial charge in [0.25, 0.3) is 0 Å². The summed E-state index contributed by atoms with van der Waals surface area (Å²) in [7, 11) is 1.47. The number of allylic oxidation sites excluding steroid dienone is 1. The lowest BCUT2D eigenvalue weighted by Crippen LogP contribution is -2.57. The Balaban J connectivity index is 2.02. The first-order valence-electron chi connectivity index (χ1n) is 12.3. The summed E-state index contributed by atoms with van der Waals surface area (Å²) < 4.78 is 17.0. The minimum atomic E-state index is -1.24. The second-order valence-electron chi connectivity index (χ2n) is 11.6. The maximum Gasteiger partial charge on any atom is 0.340 e. The molecule has 5 atom stereocenters. The van der Waals surface area contributed by atoms with E-state index in [0.717, 1.165) is 0 Å². The molecule has 36 heavy (non-hydrogen) atoms. The molecule has 0 unspecified atom stereocenters. The van der Waals surface area contributed by atoms with Crippen molar-refractivity contribution in [2.24, 2.45) is 16.7 Å². The molecule has 0 aromatic heterocycles. The van der Waals surface area contributed by atoms with E-state index in [2.05, 4.69) is 5.32 Å². The van der Waals surface area contributed by atoms with E-state index in [9.17, 15) is 24.3 Å². The molecule has 4 aliphatic rings. The highest BCUT2D eigenvalue weighted by Crippen LogP contribution is 2.62. The number of carbonyl (C=O) groups excluding carboxylic acids is 4. The third-order valence-electron chi connectivity index (χ3n) is 8.07. The summed E-state index contributed by atoms with van der Waals surface area (Å²) in [5, 5.41) is 14.5. The van der Waals surface area contributed by atoms with Crippen molar-refractivity contribution in [2.75, 3.05) is 13.7 Å². The number of ketones is 2. The Morgan fingerprint density at radius 2 is 1.92 bits per heavy atom. The summed E-state index contributed by atoms with van der Waals surface area (Å²) in [4.78, 5) is 52.2. The highest BCUT2D eigenvalue weighted by atomic mass is 16.6. The lowest BCUT2D eigenvalue weighted by Gasteiger charge is -2.53. The van der Waals surface area contributed by atoms with Gasteiger partial charge in [0.2, 0.25) is 5.78 Å². The third-order valence-corrected chi connectivity index (χ3v) is 8.07. The number of aliphatic hydroxyl groups is 1. The van der Waals surface area contributed by atoms with Gasteiger partial charge in [-0.15, -0.1) is 0 Å². The first kappa shape index (κ1) is 26.1. The van der Waals surface area contributed by atoms with Gasteiger partial charge in [-0.25, -0.2) is 4.79 Å². The second-order valence-corrected chi connectivity index (χ2v) is 11.6. The van der Waals surface area contributed by atoms with Gasteiger partial charge in [0, 0.05) is 61.1 Å². The summed E-state index contributed by atoms with van der Waals surface area (Å²) >= 11 is 0. The van der Waals surface area contributed by atoms with Crippen LogP contribution in [-0.4, -0.2) is 60.1 Å². The van der Waals surface area contributed by atoms with Crippen molar-refractivity contribution >= 4 is 23.5 Å². The summed E-state index contributed by atoms with van der Waals surface area (Å²) in [6.45, 7) is 10.5. The van der Waals surface area contributed by atoms with E-state index in [1.165, 1.54) is 20.2 Å². The van der Waals surface area contributed by atoms with Crippen molar-refractivity contribution < 1.29 is 38.5 Å². The van der Waals surface area contributed by atoms with Crippen LogP contribution in [0.25, 0.3) is 0 Å². The summed E-state index contributed by atoms with van der Waals surface area (Å²) in [6.07, 6.45) is 0.597. The Morgan fingerprint density at radius 1 is 1.25 bits per heavy atom. The molecule has 0 aromatic rings. The smallest absolute Gasteiger partial charge is 0.340 e. The predicted molar refractivity (Wildman–Crippen MR) is 129 cm³/mol. The molecule has 2 fully saturated rings. The fraction of sp³-hybridized carbons (Fsp3) is 0.630. The Bertz CT molecular complexity index is 1140. The molecule has 1 aliphatic heterocycles. The van der Waals surface area contributed by atoms with Crippen LogP contribution in [0, 0.1) is 16.7 Å². The van der Waals surface area contributed by atoms with Crippen LogP contribution >= 0.6 is 0 Å². The van der Waals surface area contributed by atoms with Gasteiger partial charge in [0.05, 0.1) is 17.6 Å². The Labute approximate surface area is 210 Å². The molecule has 0 bridgehead atoms. The normalized spacial score (nSPS) is 35.4. The van der Waals surface area contributed by atoms with Crippen LogP contribution < -0.4 is 5.32 Å². The van der Waals surface area contributed by atoms with Crippen LogP contribution in [0.2, 0.25) is 0 Å². The monoisotopic (exact) mass is 501 g/mol. The minimum absolute atomic E-state index is 0.00176. The highest BCUT2D eigenvalue weighted by Gasteiger charge is 2.64. The van der Waals surface area contributed by atoms with E-state index < -0.39 is 58.0 Å². The molecule has 0 aromatic carbocycles. The van der Waals surface area contributed by atoms with Crippen LogP contribution in [-0.2, 0) is 33.4 Å². The number of carbonyl (C=O) groups is 4. The molecule has 2 N–H and O–H groups in total. The number of ether oxygens (including phenoxy) is 3. The van der Waals surface area contributed by atoms with Crippen molar-refractivity contribution in [3.05, 3.63) is 34.3 Å². The average molecular weight is 502 g/mol. The van der Waals surface area contributed by atoms with Gasteiger partial charge in [0.1, 0.15) is 18.0 Å². The quantitative estimate of drug-likeness (QED) is 0.441. The van der Waals surface area contributed by atoms with E-state index in [0.29, 0.717) is 18.4 Å². The molecule has 9 heteroatoms. The molecule has 1 saturated heterocycles. The topological polar surface area (TPSA) is 128 Å². The van der Waals surface area contributed by atoms with Crippen molar-refractivity contribution in [2.45, 2.75) is 78.6 Å². The lowest BCUT2D eigenvalue weighted by molar-refractivity contribution is -0.160. The molecule has 1 saturated carbocycles. The first-order chi connectivity index (χ1) is 16.7. The van der Waals surface area contributed by atoms with Crippen LogP contribution in [0.5, 0.6) is 0 Å². The largest absolute Gasteiger partial charge is 0.504 e. The van der Waals surface area contributed by atoms with Crippen molar-refractivity contribution in [1.29, 1.82) is 0 Å². The standard InChI is InChI=1S/C27H35NO8/c1-13(29)35-16-10-26(5)15(8-9-17(26)30)19-21(16)27(6)18(12-34-7)36-24(33)14(11-28-25(2,3)4)20(27)23(32)22(19)31/h11,15-16,18,28,32H,8-10,12H2,1-7H3/b14-11-/t15-,16+,18+,26-,27-/m0/s1. The molecule has 1 heterocycles. The van der Waals surface area contributed by atoms with Crippen molar-refractivity contribution in [3.8, 4) is 0 Å². The number of Topliss-reactive ketones (excluding diaryl/α,β-unsaturated/α-hetero) is 2. The van der Waals surface area contributed by atoms with E-state index in [1.54, 1.807) is 13.8 Å². The van der Waals surface area contributed by atoms with Crippen molar-refractivity contribution in [3.63, 3.8) is 0 Å². The number of fused-ring (bicyclic) bond motifs is 4. The van der Waals surface area contributed by atoms with Crippen LogP contribution in [0.15, 0.2) is 34.3 Å². The number of nitrogens with one attached hydrogen (secondary N) is 1. The minimum Gasteiger partial charge on any atom is -0.504 e. The summed E-state index contributed by atoms with van der Waals surface area (Å²) in [5.41, 5.74) is -1.66. The number of rotatable bonds is 4. The molecule has 0 spiro atoms. The molecule has 0 amide bonds. The highest BCUT2D eigenvalue weighted by molar-refractivity contribution is 6.14. The van der Waals surface area contributed by atoms with Gasteiger partial charge in [-0.1, -0.05) is 6.92 Å². The number of hydrogen-bond donors (Lipinski definition) is 2. The Kier molecular flexibility index (Phi) is 6.22. The van der Waals surface area contributed by atoms with Crippen LogP contribution in [0.4, 0.5) is 0 Å².